The second-order valence-electron chi connectivity index (χ2n) is 6.23. The van der Waals surface area contributed by atoms with Crippen molar-refractivity contribution in [2.24, 2.45) is 0 Å². The molecule has 0 N–H and O–H groups in total. The van der Waals surface area contributed by atoms with E-state index in [0.29, 0.717) is 17.9 Å². The number of likely N-dealkylation sites (N-methyl/N-ethyl adjacent to an activating group) is 1. The number of hydrogen-bond acceptors (Lipinski definition) is 4. The van der Waals surface area contributed by atoms with Gasteiger partial charge in [0.25, 0.3) is 5.91 Å². The van der Waals surface area contributed by atoms with Gasteiger partial charge in [-0.15, -0.1) is 0 Å². The number of carbonyl (C=O) groups is 2. The van der Waals surface area contributed by atoms with Crippen molar-refractivity contribution < 1.29 is 19.1 Å². The van der Waals surface area contributed by atoms with Gasteiger partial charge in [-0.1, -0.05) is 45.4 Å². The van der Waals surface area contributed by atoms with Crippen LogP contribution in [0.4, 0.5) is 0 Å². The summed E-state index contributed by atoms with van der Waals surface area (Å²) in [6.07, 6.45) is 8.23. The Bertz CT molecular complexity index is 513. The van der Waals surface area contributed by atoms with Gasteiger partial charge in [0.1, 0.15) is 12.3 Å². The Kier molecular flexibility index (Phi) is 10.4. The Morgan fingerprint density at radius 2 is 1.56 bits per heavy atom. The first kappa shape index (κ1) is 21.0. The molecule has 0 radical (unpaired) electrons. The minimum atomic E-state index is -0.365. The van der Waals surface area contributed by atoms with Crippen LogP contribution in [-0.4, -0.2) is 44.1 Å². The largest absolute Gasteiger partial charge is 0.497 e. The number of nitrogens with zero attached hydrogens (tertiary/aromatic N) is 1. The van der Waals surface area contributed by atoms with Gasteiger partial charge in [-0.3, -0.25) is 9.59 Å². The van der Waals surface area contributed by atoms with Crippen LogP contribution in [0.1, 0.15) is 62.2 Å². The van der Waals surface area contributed by atoms with Gasteiger partial charge in [-0.25, -0.2) is 0 Å². The van der Waals surface area contributed by atoms with Crippen LogP contribution in [-0.2, 0) is 9.53 Å². The third-order valence-corrected chi connectivity index (χ3v) is 4.06. The van der Waals surface area contributed by atoms with Crippen molar-refractivity contribution >= 4 is 11.9 Å². The lowest BCUT2D eigenvalue weighted by Gasteiger charge is -2.16. The van der Waals surface area contributed by atoms with Gasteiger partial charge in [-0.2, -0.15) is 0 Å². The van der Waals surface area contributed by atoms with Gasteiger partial charge in [0, 0.05) is 12.6 Å². The van der Waals surface area contributed by atoms with Crippen molar-refractivity contribution in [2.45, 2.75) is 51.9 Å². The van der Waals surface area contributed by atoms with Crippen molar-refractivity contribution in [3.05, 3.63) is 29.8 Å². The molecule has 0 aliphatic carbocycles. The van der Waals surface area contributed by atoms with Gasteiger partial charge in [0.15, 0.2) is 0 Å². The summed E-state index contributed by atoms with van der Waals surface area (Å²) in [6.45, 7) is 2.59. The molecular weight excluding hydrogens is 318 g/mol. The van der Waals surface area contributed by atoms with Gasteiger partial charge < -0.3 is 14.4 Å². The molecule has 140 valence electrons. The number of methoxy groups -OCH3 is 1. The maximum Gasteiger partial charge on any atom is 0.325 e. The van der Waals surface area contributed by atoms with Crippen molar-refractivity contribution in [3.8, 4) is 5.75 Å². The molecule has 1 amide bonds. The molecule has 5 heteroatoms. The van der Waals surface area contributed by atoms with Gasteiger partial charge in [0.2, 0.25) is 0 Å². The molecule has 1 aromatic carbocycles. The van der Waals surface area contributed by atoms with Crippen LogP contribution in [0.2, 0.25) is 0 Å². The highest BCUT2D eigenvalue weighted by molar-refractivity contribution is 5.95. The van der Waals surface area contributed by atoms with E-state index in [-0.39, 0.29) is 18.4 Å². The summed E-state index contributed by atoms with van der Waals surface area (Å²) in [7, 11) is 3.17. The molecule has 0 saturated heterocycles. The lowest BCUT2D eigenvalue weighted by molar-refractivity contribution is -0.144. The fourth-order valence-electron chi connectivity index (χ4n) is 2.51. The summed E-state index contributed by atoms with van der Waals surface area (Å²) in [4.78, 5) is 25.5. The summed E-state index contributed by atoms with van der Waals surface area (Å²) in [5.74, 6) is 0.110. The predicted molar refractivity (Wildman–Crippen MR) is 98.9 cm³/mol. The first-order valence-electron chi connectivity index (χ1n) is 9.13. The van der Waals surface area contributed by atoms with E-state index in [0.717, 1.165) is 12.8 Å². The third kappa shape index (κ3) is 8.57. The maximum atomic E-state index is 12.3. The molecule has 0 saturated carbocycles. The molecule has 25 heavy (non-hydrogen) atoms. The Morgan fingerprint density at radius 3 is 2.16 bits per heavy atom. The highest BCUT2D eigenvalue weighted by Crippen LogP contribution is 2.12. The Hall–Kier alpha value is -2.04. The molecular formula is C20H31NO4. The van der Waals surface area contributed by atoms with Crippen molar-refractivity contribution in [1.82, 2.24) is 4.90 Å². The number of unbranched alkanes of at least 4 members (excludes halogenated alkanes) is 6. The number of carbonyl (C=O) groups excluding carboxylic acids is 2. The minimum Gasteiger partial charge on any atom is -0.497 e. The molecule has 0 aromatic heterocycles. The number of amides is 1. The average molecular weight is 349 g/mol. The van der Waals surface area contributed by atoms with E-state index in [1.54, 1.807) is 38.4 Å². The Balaban J connectivity index is 2.21. The fourth-order valence-corrected chi connectivity index (χ4v) is 2.51. The number of rotatable bonds is 12. The molecule has 0 heterocycles. The van der Waals surface area contributed by atoms with Crippen LogP contribution in [0.25, 0.3) is 0 Å². The summed E-state index contributed by atoms with van der Waals surface area (Å²) in [5.41, 5.74) is 0.517. The number of hydrogen-bond donors (Lipinski definition) is 0. The quantitative estimate of drug-likeness (QED) is 0.422. The second-order valence-corrected chi connectivity index (χ2v) is 6.23. The highest BCUT2D eigenvalue weighted by atomic mass is 16.5. The van der Waals surface area contributed by atoms with Crippen molar-refractivity contribution in [1.29, 1.82) is 0 Å². The summed E-state index contributed by atoms with van der Waals surface area (Å²) >= 11 is 0. The van der Waals surface area contributed by atoms with E-state index >= 15 is 0 Å². The number of ether oxygens (including phenoxy) is 2. The highest BCUT2D eigenvalue weighted by Gasteiger charge is 2.15. The molecule has 0 atom stereocenters. The van der Waals surface area contributed by atoms with E-state index < -0.39 is 0 Å². The number of benzene rings is 1. The summed E-state index contributed by atoms with van der Waals surface area (Å²) in [5, 5.41) is 0. The molecule has 1 aromatic rings. The summed E-state index contributed by atoms with van der Waals surface area (Å²) in [6, 6.07) is 6.81. The maximum absolute atomic E-state index is 12.3. The van der Waals surface area contributed by atoms with E-state index in [9.17, 15) is 9.59 Å². The van der Waals surface area contributed by atoms with Crippen LogP contribution in [0.3, 0.4) is 0 Å². The lowest BCUT2D eigenvalue weighted by atomic mass is 10.1. The predicted octanol–water partition coefficient (Wildman–Crippen LogP) is 4.06. The van der Waals surface area contributed by atoms with E-state index in [1.165, 1.54) is 37.0 Å². The van der Waals surface area contributed by atoms with Crippen LogP contribution < -0.4 is 4.74 Å². The first-order chi connectivity index (χ1) is 12.1. The molecule has 0 bridgehead atoms. The number of esters is 1. The fraction of sp³-hybridized carbons (Fsp3) is 0.600. The second kappa shape index (κ2) is 12.3. The standard InChI is InChI=1S/C20H31NO4/c1-4-5-6-7-8-9-10-15-25-19(22)16-21(2)20(23)17-11-13-18(24-3)14-12-17/h11-14H,4-10,15-16H2,1-3H3. The lowest BCUT2D eigenvalue weighted by Crippen LogP contribution is -2.33. The van der Waals surface area contributed by atoms with Crippen molar-refractivity contribution in [2.75, 3.05) is 27.3 Å². The Morgan fingerprint density at radius 1 is 0.960 bits per heavy atom. The monoisotopic (exact) mass is 349 g/mol. The molecule has 5 nitrogen and oxygen atoms in total. The molecule has 0 aliphatic heterocycles. The SMILES string of the molecule is CCCCCCCCCOC(=O)CN(C)C(=O)c1ccc(OC)cc1. The van der Waals surface area contributed by atoms with Crippen LogP contribution in [0.5, 0.6) is 5.75 Å². The zero-order chi connectivity index (χ0) is 18.5. The van der Waals surface area contributed by atoms with Gasteiger partial charge in [0.05, 0.1) is 13.7 Å². The third-order valence-electron chi connectivity index (χ3n) is 4.06. The normalized spacial score (nSPS) is 10.4. The summed E-state index contributed by atoms with van der Waals surface area (Å²) < 4.78 is 10.3. The van der Waals surface area contributed by atoms with Crippen LogP contribution in [0.15, 0.2) is 24.3 Å². The molecule has 0 aliphatic rings. The van der Waals surface area contributed by atoms with Gasteiger partial charge in [-0.05, 0) is 30.7 Å². The van der Waals surface area contributed by atoms with Crippen LogP contribution >= 0.6 is 0 Å². The molecule has 0 unspecified atom stereocenters. The topological polar surface area (TPSA) is 55.8 Å². The van der Waals surface area contributed by atoms with Gasteiger partial charge >= 0.3 is 5.97 Å². The van der Waals surface area contributed by atoms with Crippen LogP contribution in [0, 0.1) is 0 Å². The first-order valence-corrected chi connectivity index (χ1v) is 9.13. The Labute approximate surface area is 151 Å². The van der Waals surface area contributed by atoms with E-state index in [2.05, 4.69) is 6.92 Å². The molecule has 1 rings (SSSR count). The van der Waals surface area contributed by atoms with Crippen molar-refractivity contribution in [3.63, 3.8) is 0 Å². The minimum absolute atomic E-state index is 0.0403. The average Bonchev–Trinajstić information content (AvgIpc) is 2.63. The molecule has 0 fully saturated rings. The zero-order valence-corrected chi connectivity index (χ0v) is 15.8. The molecule has 0 spiro atoms. The van der Waals surface area contributed by atoms with E-state index in [1.807, 2.05) is 0 Å². The smallest absolute Gasteiger partial charge is 0.325 e. The van der Waals surface area contributed by atoms with E-state index in [4.69, 9.17) is 9.47 Å². The zero-order valence-electron chi connectivity index (χ0n) is 15.8.